The zero-order valence-corrected chi connectivity index (χ0v) is 13.1. The van der Waals surface area contributed by atoms with E-state index in [-0.39, 0.29) is 6.42 Å². The number of nitrogens with one attached hydrogen (secondary N) is 1. The minimum Gasteiger partial charge on any atom is -0.495 e. The van der Waals surface area contributed by atoms with Crippen molar-refractivity contribution in [3.8, 4) is 11.8 Å². The van der Waals surface area contributed by atoms with Crippen LogP contribution in [0.1, 0.15) is 12.0 Å². The lowest BCUT2D eigenvalue weighted by Gasteiger charge is -2.07. The third-order valence-electron chi connectivity index (χ3n) is 1.87. The maximum absolute atomic E-state index is 11.0. The molecule has 0 radical (unpaired) electrons. The Morgan fingerprint density at radius 3 is 3.06 bits per heavy atom. The number of nitrogens with zero attached hydrogens (tertiary/aromatic N) is 2. The summed E-state index contributed by atoms with van der Waals surface area (Å²) >= 11 is 5.51. The monoisotopic (exact) mass is 421 g/mol. The Morgan fingerprint density at radius 2 is 2.44 bits per heavy atom. The molecule has 0 aromatic heterocycles. The molecule has 0 unspecified atom stereocenters. The highest BCUT2D eigenvalue weighted by Crippen LogP contribution is 2.28. The first-order valence-electron chi connectivity index (χ1n) is 4.80. The van der Waals surface area contributed by atoms with Crippen molar-refractivity contribution < 1.29 is 9.53 Å². The second kappa shape index (κ2) is 7.33. The lowest BCUT2D eigenvalue weighted by atomic mass is 10.2. The van der Waals surface area contributed by atoms with Gasteiger partial charge >= 0.3 is 0 Å². The molecule has 1 aromatic carbocycles. The van der Waals surface area contributed by atoms with Crippen molar-refractivity contribution in [3.63, 3.8) is 0 Å². The summed E-state index contributed by atoms with van der Waals surface area (Å²) in [6.07, 6.45) is 1.26. The molecule has 1 amide bonds. The summed E-state index contributed by atoms with van der Waals surface area (Å²) in [6, 6.07) is 5.47. The summed E-state index contributed by atoms with van der Waals surface area (Å²) < 4.78 is 7.06. The van der Waals surface area contributed by atoms with Gasteiger partial charge in [0.05, 0.1) is 23.0 Å². The van der Waals surface area contributed by atoms with E-state index in [0.717, 1.165) is 13.6 Å². The van der Waals surface area contributed by atoms with Crippen molar-refractivity contribution in [2.45, 2.75) is 6.42 Å². The summed E-state index contributed by atoms with van der Waals surface area (Å²) in [5.74, 6) is 0.231. The van der Waals surface area contributed by atoms with E-state index in [1.54, 1.807) is 13.2 Å². The third-order valence-corrected chi connectivity index (χ3v) is 3.13. The van der Waals surface area contributed by atoms with Gasteiger partial charge in [0.15, 0.2) is 0 Å². The highest BCUT2D eigenvalue weighted by atomic mass is 127. The molecule has 0 heterocycles. The molecule has 0 aliphatic heterocycles. The fraction of sp³-hybridized carbons (Fsp3) is 0.182. The summed E-state index contributed by atoms with van der Waals surface area (Å²) in [6.45, 7) is 0. The number of methoxy groups -OCH3 is 1. The van der Waals surface area contributed by atoms with Crippen LogP contribution in [0.5, 0.6) is 5.75 Å². The van der Waals surface area contributed by atoms with Crippen LogP contribution >= 0.6 is 38.5 Å². The minimum absolute atomic E-state index is 0.218. The van der Waals surface area contributed by atoms with E-state index >= 15 is 0 Å². The molecule has 0 spiro atoms. The molecule has 94 valence electrons. The molecule has 0 aliphatic rings. The third kappa shape index (κ3) is 4.27. The van der Waals surface area contributed by atoms with Crippen LogP contribution in [-0.4, -0.2) is 19.2 Å². The van der Waals surface area contributed by atoms with Gasteiger partial charge in [-0.15, -0.1) is 0 Å². The van der Waals surface area contributed by atoms with E-state index in [2.05, 4.69) is 49.0 Å². The molecule has 1 N–H and O–H groups in total. The Hall–Kier alpha value is -1.14. The normalized spacial score (nSPS) is 10.1. The SMILES string of the molecule is COc1c(I)cc(Br)cc1/C=N/NC(=O)CC#N. The van der Waals surface area contributed by atoms with Crippen molar-refractivity contribution >= 4 is 50.6 Å². The average molecular weight is 422 g/mol. The number of nitriles is 1. The van der Waals surface area contributed by atoms with Gasteiger partial charge in [-0.25, -0.2) is 5.43 Å². The van der Waals surface area contributed by atoms with E-state index in [1.165, 1.54) is 6.21 Å². The average Bonchev–Trinajstić information content (AvgIpc) is 2.28. The number of halogens is 2. The van der Waals surface area contributed by atoms with E-state index in [4.69, 9.17) is 10.00 Å². The molecule has 0 saturated carbocycles. The van der Waals surface area contributed by atoms with Crippen molar-refractivity contribution in [1.29, 1.82) is 5.26 Å². The molecule has 5 nitrogen and oxygen atoms in total. The Balaban J connectivity index is 2.87. The molecule has 1 aromatic rings. The second-order valence-electron chi connectivity index (χ2n) is 3.14. The largest absolute Gasteiger partial charge is 0.495 e. The van der Waals surface area contributed by atoms with Gasteiger partial charge in [-0.1, -0.05) is 15.9 Å². The Kier molecular flexibility index (Phi) is 6.07. The van der Waals surface area contributed by atoms with Crippen molar-refractivity contribution in [2.75, 3.05) is 7.11 Å². The minimum atomic E-state index is -0.447. The molecular weight excluding hydrogens is 413 g/mol. The lowest BCUT2D eigenvalue weighted by molar-refractivity contribution is -0.120. The number of carbonyl (C=O) groups excluding carboxylic acids is 1. The number of hydrazone groups is 1. The van der Waals surface area contributed by atoms with Crippen molar-refractivity contribution in [3.05, 3.63) is 25.7 Å². The molecule has 18 heavy (non-hydrogen) atoms. The van der Waals surface area contributed by atoms with Crippen LogP contribution in [0, 0.1) is 14.9 Å². The van der Waals surface area contributed by atoms with E-state index in [9.17, 15) is 4.79 Å². The van der Waals surface area contributed by atoms with Crippen LogP contribution in [0.2, 0.25) is 0 Å². The Bertz CT molecular complexity index is 526. The molecule has 7 heteroatoms. The highest BCUT2D eigenvalue weighted by Gasteiger charge is 2.07. The van der Waals surface area contributed by atoms with Crippen LogP contribution in [0.15, 0.2) is 21.7 Å². The summed E-state index contributed by atoms with van der Waals surface area (Å²) in [7, 11) is 1.57. The van der Waals surface area contributed by atoms with Crippen LogP contribution in [0.3, 0.4) is 0 Å². The zero-order valence-electron chi connectivity index (χ0n) is 9.41. The van der Waals surface area contributed by atoms with Gasteiger partial charge < -0.3 is 4.74 Å². The molecule has 0 bridgehead atoms. The molecule has 0 fully saturated rings. The number of amides is 1. The number of hydrogen-bond donors (Lipinski definition) is 1. The van der Waals surface area contributed by atoms with Crippen molar-refractivity contribution in [2.24, 2.45) is 5.10 Å². The molecule has 0 atom stereocenters. The molecular formula is C11H9BrIN3O2. The van der Waals surface area contributed by atoms with Crippen LogP contribution in [-0.2, 0) is 4.79 Å². The summed E-state index contributed by atoms with van der Waals surface area (Å²) in [4.78, 5) is 11.0. The standard InChI is InChI=1S/C11H9BrIN3O2/c1-18-11-7(4-8(12)5-9(11)13)6-15-16-10(17)2-3-14/h4-6H,2H2,1H3,(H,16,17)/b15-6+. The highest BCUT2D eigenvalue weighted by molar-refractivity contribution is 14.1. The number of rotatable bonds is 4. The Labute approximate surface area is 126 Å². The van der Waals surface area contributed by atoms with Crippen LogP contribution in [0.25, 0.3) is 0 Å². The van der Waals surface area contributed by atoms with E-state index in [0.29, 0.717) is 5.75 Å². The van der Waals surface area contributed by atoms with Gasteiger partial charge in [-0.05, 0) is 34.7 Å². The Morgan fingerprint density at radius 1 is 1.72 bits per heavy atom. The smallest absolute Gasteiger partial charge is 0.254 e. The maximum Gasteiger partial charge on any atom is 0.254 e. The van der Waals surface area contributed by atoms with Gasteiger partial charge in [0.1, 0.15) is 12.2 Å². The van der Waals surface area contributed by atoms with E-state index in [1.807, 2.05) is 12.1 Å². The van der Waals surface area contributed by atoms with Gasteiger partial charge in [0.25, 0.3) is 5.91 Å². The quantitative estimate of drug-likeness (QED) is 0.461. The maximum atomic E-state index is 11.0. The lowest BCUT2D eigenvalue weighted by Crippen LogP contribution is -2.16. The predicted molar refractivity (Wildman–Crippen MR) is 79.4 cm³/mol. The second-order valence-corrected chi connectivity index (χ2v) is 5.22. The first-order chi connectivity index (χ1) is 8.58. The number of hydrogen-bond acceptors (Lipinski definition) is 4. The first kappa shape index (κ1) is 14.9. The van der Waals surface area contributed by atoms with Crippen LogP contribution in [0.4, 0.5) is 0 Å². The summed E-state index contributed by atoms with van der Waals surface area (Å²) in [5, 5.41) is 12.1. The molecule has 0 aliphatic carbocycles. The predicted octanol–water partition coefficient (Wildman–Crippen LogP) is 2.43. The first-order valence-corrected chi connectivity index (χ1v) is 6.67. The van der Waals surface area contributed by atoms with Crippen molar-refractivity contribution in [1.82, 2.24) is 5.43 Å². The van der Waals surface area contributed by atoms with Gasteiger partial charge in [0, 0.05) is 10.0 Å². The number of ether oxygens (including phenoxy) is 1. The molecule has 0 saturated heterocycles. The topological polar surface area (TPSA) is 74.5 Å². The van der Waals surface area contributed by atoms with Gasteiger partial charge in [-0.3, -0.25) is 4.79 Å². The van der Waals surface area contributed by atoms with Crippen LogP contribution < -0.4 is 10.2 Å². The van der Waals surface area contributed by atoms with Gasteiger partial charge in [-0.2, -0.15) is 10.4 Å². The fourth-order valence-electron chi connectivity index (χ4n) is 1.18. The zero-order chi connectivity index (χ0) is 13.5. The number of benzene rings is 1. The number of carbonyl (C=O) groups is 1. The molecule has 1 rings (SSSR count). The van der Waals surface area contributed by atoms with Gasteiger partial charge in [0.2, 0.25) is 0 Å². The summed E-state index contributed by atoms with van der Waals surface area (Å²) in [5.41, 5.74) is 2.99. The fourth-order valence-corrected chi connectivity index (χ4v) is 2.95. The van der Waals surface area contributed by atoms with E-state index < -0.39 is 5.91 Å².